The van der Waals surface area contributed by atoms with Gasteiger partial charge < -0.3 is 5.32 Å². The Morgan fingerprint density at radius 2 is 1.74 bits per heavy atom. The van der Waals surface area contributed by atoms with E-state index in [0.29, 0.717) is 12.1 Å². The smallest absolute Gasteiger partial charge is 0.234 e. The predicted octanol–water partition coefficient (Wildman–Crippen LogP) is 4.09. The Labute approximate surface area is 156 Å². The van der Waals surface area contributed by atoms with E-state index in [0.717, 1.165) is 17.7 Å². The van der Waals surface area contributed by atoms with Crippen LogP contribution in [0.1, 0.15) is 5.56 Å². The van der Waals surface area contributed by atoms with Crippen molar-refractivity contribution in [2.45, 2.75) is 6.42 Å². The average Bonchev–Trinajstić information content (AvgIpc) is 2.65. The second-order valence-corrected chi connectivity index (χ2v) is 7.68. The summed E-state index contributed by atoms with van der Waals surface area (Å²) in [6.45, 7) is 0. The molecule has 0 saturated carbocycles. The molecule has 140 valence electrons. The van der Waals surface area contributed by atoms with E-state index < -0.39 is 21.7 Å². The summed E-state index contributed by atoms with van der Waals surface area (Å²) in [4.78, 5) is 4.01. The third-order valence-corrected chi connectivity index (χ3v) is 5.00. The lowest BCUT2D eigenvalue weighted by molar-refractivity contribution is 0.586. The van der Waals surface area contributed by atoms with Crippen LogP contribution in [0.5, 0.6) is 0 Å². The number of nitrogens with zero attached hydrogens (tertiary/aromatic N) is 1. The Hall–Kier alpha value is -3.00. The van der Waals surface area contributed by atoms with Crippen LogP contribution in [0.15, 0.2) is 66.9 Å². The van der Waals surface area contributed by atoms with Gasteiger partial charge in [-0.25, -0.2) is 22.2 Å². The molecule has 1 aromatic heterocycles. The predicted molar refractivity (Wildman–Crippen MR) is 101 cm³/mol. The third-order valence-electron chi connectivity index (χ3n) is 3.74. The zero-order valence-corrected chi connectivity index (χ0v) is 15.0. The van der Waals surface area contributed by atoms with Crippen molar-refractivity contribution >= 4 is 27.2 Å². The molecule has 0 fully saturated rings. The second kappa shape index (κ2) is 8.13. The molecular weight excluding hydrogens is 372 g/mol. The molecule has 27 heavy (non-hydrogen) atoms. The highest BCUT2D eigenvalue weighted by atomic mass is 32.2. The van der Waals surface area contributed by atoms with Crippen molar-refractivity contribution in [2.75, 3.05) is 15.8 Å². The summed E-state index contributed by atoms with van der Waals surface area (Å²) in [6.07, 6.45) is 1.75. The maximum Gasteiger partial charge on any atom is 0.234 e. The van der Waals surface area contributed by atoms with Crippen molar-refractivity contribution in [3.05, 3.63) is 84.1 Å². The minimum Gasteiger partial charge on any atom is -0.352 e. The lowest BCUT2D eigenvalue weighted by Crippen LogP contribution is -2.18. The van der Waals surface area contributed by atoms with E-state index in [1.165, 1.54) is 18.3 Å². The number of halogens is 2. The van der Waals surface area contributed by atoms with Crippen LogP contribution in [0.2, 0.25) is 0 Å². The summed E-state index contributed by atoms with van der Waals surface area (Å²) in [5.74, 6) is -1.32. The van der Waals surface area contributed by atoms with Gasteiger partial charge in [0.15, 0.2) is 0 Å². The standard InChI is InChI=1S/C19H17F2N3O2S/c20-15-6-8-18(17(21)12-15)23-16-7-9-19(22-13-16)24-27(25,26)11-10-14-4-2-1-3-5-14/h1-9,12-13,23H,10-11H2,(H,22,24). The number of anilines is 3. The molecule has 0 spiro atoms. The van der Waals surface area contributed by atoms with E-state index in [2.05, 4.69) is 15.0 Å². The zero-order valence-electron chi connectivity index (χ0n) is 14.2. The molecule has 0 amide bonds. The summed E-state index contributed by atoms with van der Waals surface area (Å²) in [6, 6.07) is 15.5. The highest BCUT2D eigenvalue weighted by Gasteiger charge is 2.12. The Kier molecular flexibility index (Phi) is 5.66. The van der Waals surface area contributed by atoms with Gasteiger partial charge in [0.05, 0.1) is 23.3 Å². The molecule has 0 aliphatic carbocycles. The van der Waals surface area contributed by atoms with E-state index >= 15 is 0 Å². The van der Waals surface area contributed by atoms with Gasteiger partial charge in [-0.05, 0) is 36.2 Å². The first-order valence-electron chi connectivity index (χ1n) is 8.14. The number of pyridine rings is 1. The fraction of sp³-hybridized carbons (Fsp3) is 0.105. The minimum atomic E-state index is -3.55. The van der Waals surface area contributed by atoms with Gasteiger partial charge in [-0.3, -0.25) is 4.72 Å². The summed E-state index contributed by atoms with van der Waals surface area (Å²) in [5.41, 5.74) is 1.46. The average molecular weight is 389 g/mol. The highest BCUT2D eigenvalue weighted by Crippen LogP contribution is 2.21. The van der Waals surface area contributed by atoms with Crippen molar-refractivity contribution in [1.29, 1.82) is 0 Å². The number of rotatable bonds is 7. The molecule has 2 N–H and O–H groups in total. The molecule has 3 aromatic rings. The van der Waals surface area contributed by atoms with Gasteiger partial charge in [0.2, 0.25) is 10.0 Å². The fourth-order valence-corrected chi connectivity index (χ4v) is 3.43. The summed E-state index contributed by atoms with van der Waals surface area (Å²) < 4.78 is 53.3. The van der Waals surface area contributed by atoms with Gasteiger partial charge in [-0.15, -0.1) is 0 Å². The SMILES string of the molecule is O=S(=O)(CCc1ccccc1)Nc1ccc(Nc2ccc(F)cc2F)cn1. The molecule has 0 atom stereocenters. The van der Waals surface area contributed by atoms with Crippen LogP contribution in [0.25, 0.3) is 0 Å². The topological polar surface area (TPSA) is 71.1 Å². The van der Waals surface area contributed by atoms with Gasteiger partial charge in [0.25, 0.3) is 0 Å². The van der Waals surface area contributed by atoms with Gasteiger partial charge in [-0.1, -0.05) is 30.3 Å². The summed E-state index contributed by atoms with van der Waals surface area (Å²) in [7, 11) is -3.55. The number of aromatic nitrogens is 1. The molecule has 0 bridgehead atoms. The van der Waals surface area contributed by atoms with E-state index in [1.54, 1.807) is 6.07 Å². The van der Waals surface area contributed by atoms with Crippen LogP contribution in [0, 0.1) is 11.6 Å². The van der Waals surface area contributed by atoms with Gasteiger partial charge >= 0.3 is 0 Å². The third kappa shape index (κ3) is 5.49. The first-order valence-corrected chi connectivity index (χ1v) is 9.79. The maximum absolute atomic E-state index is 13.6. The van der Waals surface area contributed by atoms with Crippen LogP contribution >= 0.6 is 0 Å². The number of hydrogen-bond donors (Lipinski definition) is 2. The molecule has 0 unspecified atom stereocenters. The van der Waals surface area contributed by atoms with Crippen molar-refractivity contribution in [3.63, 3.8) is 0 Å². The van der Waals surface area contributed by atoms with Crippen LogP contribution in [-0.4, -0.2) is 19.2 Å². The highest BCUT2D eigenvalue weighted by molar-refractivity contribution is 7.92. The molecular formula is C19H17F2N3O2S. The van der Waals surface area contributed by atoms with Gasteiger partial charge in [0.1, 0.15) is 17.5 Å². The van der Waals surface area contributed by atoms with Crippen molar-refractivity contribution in [2.24, 2.45) is 0 Å². The lowest BCUT2D eigenvalue weighted by atomic mass is 10.2. The minimum absolute atomic E-state index is 0.0700. The fourth-order valence-electron chi connectivity index (χ4n) is 2.38. The lowest BCUT2D eigenvalue weighted by Gasteiger charge is -2.10. The largest absolute Gasteiger partial charge is 0.352 e. The van der Waals surface area contributed by atoms with Crippen LogP contribution in [-0.2, 0) is 16.4 Å². The molecule has 8 heteroatoms. The van der Waals surface area contributed by atoms with E-state index in [1.807, 2.05) is 30.3 Å². The van der Waals surface area contributed by atoms with E-state index in [4.69, 9.17) is 0 Å². The molecule has 0 aliphatic rings. The Bertz CT molecular complexity index is 1010. The first kappa shape index (κ1) is 18.8. The van der Waals surface area contributed by atoms with Crippen LogP contribution < -0.4 is 10.0 Å². The van der Waals surface area contributed by atoms with Gasteiger partial charge in [0, 0.05) is 6.07 Å². The zero-order chi connectivity index (χ0) is 19.3. The number of benzene rings is 2. The first-order chi connectivity index (χ1) is 12.9. The summed E-state index contributed by atoms with van der Waals surface area (Å²) >= 11 is 0. The molecule has 5 nitrogen and oxygen atoms in total. The number of sulfonamides is 1. The second-order valence-electron chi connectivity index (χ2n) is 5.84. The molecule has 0 saturated heterocycles. The quantitative estimate of drug-likeness (QED) is 0.639. The maximum atomic E-state index is 13.6. The number of nitrogens with one attached hydrogen (secondary N) is 2. The molecule has 1 heterocycles. The van der Waals surface area contributed by atoms with Crippen molar-refractivity contribution in [1.82, 2.24) is 4.98 Å². The molecule has 0 aliphatic heterocycles. The van der Waals surface area contributed by atoms with Crippen molar-refractivity contribution < 1.29 is 17.2 Å². The van der Waals surface area contributed by atoms with E-state index in [-0.39, 0.29) is 17.3 Å². The monoisotopic (exact) mass is 389 g/mol. The molecule has 3 rings (SSSR count). The van der Waals surface area contributed by atoms with E-state index in [9.17, 15) is 17.2 Å². The van der Waals surface area contributed by atoms with Crippen molar-refractivity contribution in [3.8, 4) is 0 Å². The van der Waals surface area contributed by atoms with Gasteiger partial charge in [-0.2, -0.15) is 0 Å². The Balaban J connectivity index is 1.61. The number of hydrogen-bond acceptors (Lipinski definition) is 4. The Morgan fingerprint density at radius 3 is 2.41 bits per heavy atom. The normalized spacial score (nSPS) is 11.2. The summed E-state index contributed by atoms with van der Waals surface area (Å²) in [5, 5.41) is 2.75. The molecule has 0 radical (unpaired) electrons. The van der Waals surface area contributed by atoms with Crippen LogP contribution in [0.3, 0.4) is 0 Å². The molecule has 2 aromatic carbocycles. The number of aryl methyl sites for hydroxylation is 1. The van der Waals surface area contributed by atoms with Crippen LogP contribution in [0.4, 0.5) is 26.0 Å². The Morgan fingerprint density at radius 1 is 0.963 bits per heavy atom.